The quantitative estimate of drug-likeness (QED) is 0.175. The van der Waals surface area contributed by atoms with Gasteiger partial charge in [-0.1, -0.05) is 109 Å². The summed E-state index contributed by atoms with van der Waals surface area (Å²) in [5.74, 6) is 0.702. The zero-order valence-electron chi connectivity index (χ0n) is 22.1. The molecule has 8 rings (SSSR count). The van der Waals surface area contributed by atoms with Crippen LogP contribution in [0.15, 0.2) is 146 Å². The Kier molecular flexibility index (Phi) is 5.38. The predicted molar refractivity (Wildman–Crippen MR) is 163 cm³/mol. The van der Waals surface area contributed by atoms with Crippen LogP contribution in [0.4, 0.5) is 0 Å². The van der Waals surface area contributed by atoms with E-state index in [1.807, 2.05) is 53.2 Å². The van der Waals surface area contributed by atoms with Crippen LogP contribution in [0.1, 0.15) is 0 Å². The Hall–Kier alpha value is -5.68. The lowest BCUT2D eigenvalue weighted by atomic mass is 10.0. The summed E-state index contributed by atoms with van der Waals surface area (Å²) < 4.78 is 4.12. The lowest BCUT2D eigenvalue weighted by Gasteiger charge is -2.09. The van der Waals surface area contributed by atoms with Crippen LogP contribution in [0, 0.1) is 0 Å². The van der Waals surface area contributed by atoms with Crippen molar-refractivity contribution in [3.8, 4) is 45.2 Å². The van der Waals surface area contributed by atoms with Gasteiger partial charge in [-0.15, -0.1) is 4.52 Å². The molecular weight excluding hydrogens is 502 g/mol. The minimum atomic E-state index is 0.702. The molecule has 192 valence electrons. The first-order valence-corrected chi connectivity index (χ1v) is 13.6. The Morgan fingerprint density at radius 2 is 1.05 bits per heavy atom. The van der Waals surface area contributed by atoms with E-state index < -0.39 is 0 Å². The van der Waals surface area contributed by atoms with Crippen LogP contribution < -0.4 is 4.52 Å². The van der Waals surface area contributed by atoms with Crippen molar-refractivity contribution in [1.82, 2.24) is 19.7 Å². The molecule has 0 spiro atoms. The van der Waals surface area contributed by atoms with Gasteiger partial charge in [0.05, 0.1) is 16.5 Å². The third-order valence-electron chi connectivity index (χ3n) is 7.49. The second-order valence-electron chi connectivity index (χ2n) is 10.1. The van der Waals surface area contributed by atoms with Crippen LogP contribution >= 0.6 is 0 Å². The molecule has 8 aromatic rings. The molecule has 0 aliphatic heterocycles. The van der Waals surface area contributed by atoms with E-state index in [4.69, 9.17) is 15.1 Å². The summed E-state index contributed by atoms with van der Waals surface area (Å²) in [7, 11) is 0. The molecule has 0 unspecified atom stereocenters. The number of nitrogens with zero attached hydrogens (tertiary/aromatic N) is 5. The fourth-order valence-corrected chi connectivity index (χ4v) is 5.50. The van der Waals surface area contributed by atoms with Crippen LogP contribution in [0.25, 0.3) is 67.0 Å². The molecule has 3 aromatic heterocycles. The lowest BCUT2D eigenvalue weighted by molar-refractivity contribution is -0.592. The maximum Gasteiger partial charge on any atom is 0.249 e. The van der Waals surface area contributed by atoms with Crippen molar-refractivity contribution >= 4 is 21.8 Å². The summed E-state index contributed by atoms with van der Waals surface area (Å²) in [4.78, 5) is 9.95. The Balaban J connectivity index is 1.30. The minimum absolute atomic E-state index is 0.702. The Morgan fingerprint density at radius 3 is 1.83 bits per heavy atom. The molecule has 3 heterocycles. The summed E-state index contributed by atoms with van der Waals surface area (Å²) >= 11 is 0. The standard InChI is InChI=1S/C36H24N5/c1-3-12-25(13-4-1)31-23-32(38-36(37-31)26-14-5-2-6-15-26)27-16-11-17-28(22-27)33-24-40-34-20-9-7-18-29(34)30-19-8-10-21-35(30)41(40)39-33/h1-24H/q+1. The fraction of sp³-hybridized carbons (Fsp3) is 0. The van der Waals surface area contributed by atoms with Gasteiger partial charge in [-0.25, -0.2) is 9.97 Å². The first-order chi connectivity index (χ1) is 20.3. The van der Waals surface area contributed by atoms with E-state index in [-0.39, 0.29) is 0 Å². The van der Waals surface area contributed by atoms with Crippen molar-refractivity contribution in [2.24, 2.45) is 0 Å². The van der Waals surface area contributed by atoms with E-state index in [1.165, 1.54) is 10.8 Å². The third-order valence-corrected chi connectivity index (χ3v) is 7.49. The predicted octanol–water partition coefficient (Wildman–Crippen LogP) is 7.68. The molecule has 0 bridgehead atoms. The molecule has 0 atom stereocenters. The highest BCUT2D eigenvalue weighted by Crippen LogP contribution is 2.30. The molecule has 41 heavy (non-hydrogen) atoms. The van der Waals surface area contributed by atoms with Crippen LogP contribution in [0.2, 0.25) is 0 Å². The van der Waals surface area contributed by atoms with E-state index in [9.17, 15) is 0 Å². The van der Waals surface area contributed by atoms with Gasteiger partial charge < -0.3 is 0 Å². The maximum absolute atomic E-state index is 5.07. The Morgan fingerprint density at radius 1 is 0.463 bits per heavy atom. The number of fused-ring (bicyclic) bond motifs is 6. The van der Waals surface area contributed by atoms with Gasteiger partial charge in [-0.05, 0) is 35.0 Å². The number of hydrogen-bond donors (Lipinski definition) is 0. The highest BCUT2D eigenvalue weighted by atomic mass is 15.5. The van der Waals surface area contributed by atoms with Crippen molar-refractivity contribution < 1.29 is 4.52 Å². The molecule has 0 aliphatic rings. The summed E-state index contributed by atoms with van der Waals surface area (Å²) in [6.07, 6.45) is 2.11. The Bertz CT molecular complexity index is 2070. The second kappa shape index (κ2) is 9.50. The van der Waals surface area contributed by atoms with Gasteiger partial charge in [0, 0.05) is 33.0 Å². The molecule has 0 aliphatic carbocycles. The van der Waals surface area contributed by atoms with E-state index in [0.29, 0.717) is 5.82 Å². The SMILES string of the molecule is c1ccc(-c2cc(-c3cccc(-c4c[n+]5c6ccccc6c6ccccc6n5n4)c3)nc(-c3ccccc3)n2)cc1. The number of aromatic nitrogens is 5. The minimum Gasteiger partial charge on any atom is -0.228 e. The van der Waals surface area contributed by atoms with Crippen molar-refractivity contribution in [2.45, 2.75) is 0 Å². The monoisotopic (exact) mass is 526 g/mol. The highest BCUT2D eigenvalue weighted by Gasteiger charge is 2.20. The molecule has 0 fully saturated rings. The molecular formula is C36H24N5+. The zero-order valence-corrected chi connectivity index (χ0v) is 22.1. The highest BCUT2D eigenvalue weighted by molar-refractivity contribution is 6.02. The summed E-state index contributed by atoms with van der Waals surface area (Å²) in [6, 6.07) is 47.8. The second-order valence-corrected chi connectivity index (χ2v) is 10.1. The lowest BCUT2D eigenvalue weighted by Crippen LogP contribution is -2.29. The average molecular weight is 527 g/mol. The molecule has 0 radical (unpaired) electrons. The normalized spacial score (nSPS) is 11.4. The van der Waals surface area contributed by atoms with E-state index >= 15 is 0 Å². The zero-order chi connectivity index (χ0) is 27.2. The van der Waals surface area contributed by atoms with Crippen LogP contribution in [-0.2, 0) is 0 Å². The average Bonchev–Trinajstić information content (AvgIpc) is 3.52. The number of benzene rings is 5. The maximum atomic E-state index is 5.07. The molecule has 0 N–H and O–H groups in total. The van der Waals surface area contributed by atoms with Crippen molar-refractivity contribution in [1.29, 1.82) is 0 Å². The molecule has 5 aromatic carbocycles. The van der Waals surface area contributed by atoms with E-state index in [0.717, 1.165) is 50.4 Å². The van der Waals surface area contributed by atoms with Gasteiger partial charge >= 0.3 is 0 Å². The molecule has 5 heteroatoms. The van der Waals surface area contributed by atoms with E-state index in [1.54, 1.807) is 0 Å². The summed E-state index contributed by atoms with van der Waals surface area (Å²) in [5, 5.41) is 7.45. The third kappa shape index (κ3) is 4.03. The van der Waals surface area contributed by atoms with Crippen molar-refractivity contribution in [3.05, 3.63) is 146 Å². The van der Waals surface area contributed by atoms with Crippen LogP contribution in [0.3, 0.4) is 0 Å². The number of para-hydroxylation sites is 2. The fourth-order valence-electron chi connectivity index (χ4n) is 5.50. The van der Waals surface area contributed by atoms with Crippen molar-refractivity contribution in [3.63, 3.8) is 0 Å². The van der Waals surface area contributed by atoms with Gasteiger partial charge in [0.1, 0.15) is 5.52 Å². The van der Waals surface area contributed by atoms with Crippen molar-refractivity contribution in [2.75, 3.05) is 0 Å². The van der Waals surface area contributed by atoms with Gasteiger partial charge in [-0.3, -0.25) is 0 Å². The first kappa shape index (κ1) is 23.2. The number of rotatable bonds is 4. The number of hydrogen-bond acceptors (Lipinski definition) is 3. The first-order valence-electron chi connectivity index (χ1n) is 13.6. The smallest absolute Gasteiger partial charge is 0.228 e. The molecule has 0 saturated carbocycles. The molecule has 0 saturated heterocycles. The molecule has 5 nitrogen and oxygen atoms in total. The van der Waals surface area contributed by atoms with Gasteiger partial charge in [0.25, 0.3) is 0 Å². The van der Waals surface area contributed by atoms with E-state index in [2.05, 4.69) is 102 Å². The summed E-state index contributed by atoms with van der Waals surface area (Å²) in [5.41, 5.74) is 8.88. The van der Waals surface area contributed by atoms with Gasteiger partial charge in [0.2, 0.25) is 5.69 Å². The van der Waals surface area contributed by atoms with Gasteiger partial charge in [0.15, 0.2) is 17.5 Å². The van der Waals surface area contributed by atoms with Crippen LogP contribution in [0.5, 0.6) is 0 Å². The largest absolute Gasteiger partial charge is 0.249 e. The van der Waals surface area contributed by atoms with Crippen LogP contribution in [-0.4, -0.2) is 19.7 Å². The Labute approximate surface area is 236 Å². The topological polar surface area (TPSA) is 47.2 Å². The molecule has 0 amide bonds. The summed E-state index contributed by atoms with van der Waals surface area (Å²) in [6.45, 7) is 0. The van der Waals surface area contributed by atoms with Gasteiger partial charge in [-0.2, -0.15) is 0 Å².